The number of fused-ring (bicyclic) bond motifs is 6. The van der Waals surface area contributed by atoms with Gasteiger partial charge in [-0.15, -0.1) is 0 Å². The van der Waals surface area contributed by atoms with E-state index in [2.05, 4.69) is 31.7 Å². The summed E-state index contributed by atoms with van der Waals surface area (Å²) < 4.78 is 46.0. The predicted molar refractivity (Wildman–Crippen MR) is 170 cm³/mol. The fourth-order valence-electron chi connectivity index (χ4n) is 11.2. The quantitative estimate of drug-likeness (QED) is 0.348. The second-order valence-electron chi connectivity index (χ2n) is 15.7. The fourth-order valence-corrected chi connectivity index (χ4v) is 11.2. The molecule has 0 bridgehead atoms. The minimum Gasteiger partial charge on any atom is -0.393 e. The van der Waals surface area contributed by atoms with Gasteiger partial charge in [-0.3, -0.25) is 4.79 Å². The SMILES string of the molecule is C=[N+]1CC(F)=CC(F)=C1C1(C(C)C(=O)C2CCC3C4CCC5=Cc6c(cnn6-c6ccc(F)cc6)CC5(C)C4C(O)CC23C)CC1. The lowest BCUT2D eigenvalue weighted by molar-refractivity contribution is -0.476. The van der Waals surface area contributed by atoms with Crippen molar-refractivity contribution < 1.29 is 27.6 Å². The average Bonchev–Trinajstić information content (AvgIpc) is 3.57. The Morgan fingerprint density at radius 2 is 1.85 bits per heavy atom. The second-order valence-corrected chi connectivity index (χ2v) is 15.7. The highest BCUT2D eigenvalue weighted by molar-refractivity contribution is 5.86. The molecule has 1 aromatic heterocycles. The van der Waals surface area contributed by atoms with Gasteiger partial charge in [-0.2, -0.15) is 14.1 Å². The van der Waals surface area contributed by atoms with Gasteiger partial charge in [0.25, 0.3) is 0 Å². The molecule has 0 saturated heterocycles. The Labute approximate surface area is 268 Å². The number of ketones is 1. The first kappa shape index (κ1) is 30.1. The molecule has 1 aromatic carbocycles. The van der Waals surface area contributed by atoms with Crippen LogP contribution in [0.4, 0.5) is 13.2 Å². The number of nitrogens with zero attached hydrogens (tertiary/aromatic N) is 3. The topological polar surface area (TPSA) is 58.1 Å². The lowest BCUT2D eigenvalue weighted by atomic mass is 9.45. The molecule has 242 valence electrons. The fraction of sp³-hybridized carbons (Fsp3) is 0.553. The first-order valence-corrected chi connectivity index (χ1v) is 17.0. The number of aliphatic hydroxyl groups excluding tert-OH is 1. The van der Waals surface area contributed by atoms with Gasteiger partial charge >= 0.3 is 0 Å². The van der Waals surface area contributed by atoms with Gasteiger partial charge in [0.15, 0.2) is 18.2 Å². The summed E-state index contributed by atoms with van der Waals surface area (Å²) in [6.45, 7) is 10.3. The van der Waals surface area contributed by atoms with Gasteiger partial charge in [-0.1, -0.05) is 26.3 Å². The average molecular weight is 631 g/mol. The zero-order chi connectivity index (χ0) is 32.3. The van der Waals surface area contributed by atoms with Crippen molar-refractivity contribution in [3.05, 3.63) is 76.5 Å². The number of aliphatic hydroxyl groups is 1. The lowest BCUT2D eigenvalue weighted by Crippen LogP contribution is -2.57. The summed E-state index contributed by atoms with van der Waals surface area (Å²) in [5, 5.41) is 16.8. The third-order valence-corrected chi connectivity index (χ3v) is 13.5. The van der Waals surface area contributed by atoms with Gasteiger partial charge < -0.3 is 5.11 Å². The lowest BCUT2D eigenvalue weighted by Gasteiger charge is -2.59. The molecule has 5 nitrogen and oxygen atoms in total. The zero-order valence-electron chi connectivity index (χ0n) is 26.9. The van der Waals surface area contributed by atoms with E-state index in [-0.39, 0.29) is 40.8 Å². The summed E-state index contributed by atoms with van der Waals surface area (Å²) in [6, 6.07) is 6.40. The maximum Gasteiger partial charge on any atom is 0.224 e. The number of hydrogen-bond donors (Lipinski definition) is 1. The van der Waals surface area contributed by atoms with Gasteiger partial charge in [0.1, 0.15) is 18.3 Å². The highest BCUT2D eigenvalue weighted by atomic mass is 19.1. The highest BCUT2D eigenvalue weighted by Gasteiger charge is 2.66. The molecule has 8 heteroatoms. The summed E-state index contributed by atoms with van der Waals surface area (Å²) in [5.74, 6) is -1.18. The summed E-state index contributed by atoms with van der Waals surface area (Å²) in [6.07, 6.45) is 11.0. The van der Waals surface area contributed by atoms with Crippen molar-refractivity contribution in [2.24, 2.45) is 45.8 Å². The molecule has 4 fully saturated rings. The van der Waals surface area contributed by atoms with Crippen LogP contribution in [0.2, 0.25) is 0 Å². The van der Waals surface area contributed by atoms with E-state index in [1.165, 1.54) is 22.3 Å². The molecule has 5 aliphatic carbocycles. The molecule has 0 radical (unpaired) electrons. The van der Waals surface area contributed by atoms with E-state index < -0.39 is 29.1 Å². The van der Waals surface area contributed by atoms with Crippen molar-refractivity contribution in [2.75, 3.05) is 6.54 Å². The smallest absolute Gasteiger partial charge is 0.224 e. The molecule has 6 aliphatic rings. The van der Waals surface area contributed by atoms with Gasteiger partial charge in [-0.25, -0.2) is 13.5 Å². The number of Topliss-reactive ketones (excluding diaryl/α,β-unsaturated/α-hetero) is 1. The van der Waals surface area contributed by atoms with E-state index in [1.807, 2.05) is 17.8 Å². The second kappa shape index (κ2) is 10.1. The van der Waals surface area contributed by atoms with Crippen LogP contribution in [0.25, 0.3) is 11.8 Å². The van der Waals surface area contributed by atoms with Crippen LogP contribution in [0.1, 0.15) is 77.0 Å². The van der Waals surface area contributed by atoms with Crippen molar-refractivity contribution in [3.8, 4) is 5.69 Å². The molecule has 4 saturated carbocycles. The number of benzene rings is 1. The molecule has 0 spiro atoms. The molecule has 1 aliphatic heterocycles. The van der Waals surface area contributed by atoms with Crippen LogP contribution in [0.3, 0.4) is 0 Å². The van der Waals surface area contributed by atoms with E-state index in [9.17, 15) is 18.7 Å². The Morgan fingerprint density at radius 3 is 2.54 bits per heavy atom. The highest BCUT2D eigenvalue weighted by Crippen LogP contribution is 2.68. The molecule has 2 aromatic rings. The molecule has 46 heavy (non-hydrogen) atoms. The third-order valence-electron chi connectivity index (χ3n) is 13.5. The molecular weight excluding hydrogens is 587 g/mol. The Bertz CT molecular complexity index is 1750. The van der Waals surface area contributed by atoms with Gasteiger partial charge in [0, 0.05) is 17.9 Å². The number of halogens is 3. The largest absolute Gasteiger partial charge is 0.393 e. The molecule has 0 amide bonds. The summed E-state index contributed by atoms with van der Waals surface area (Å²) in [7, 11) is 0. The van der Waals surface area contributed by atoms with E-state index in [4.69, 9.17) is 0 Å². The summed E-state index contributed by atoms with van der Waals surface area (Å²) >= 11 is 0. The van der Waals surface area contributed by atoms with Crippen LogP contribution in [-0.4, -0.2) is 44.6 Å². The van der Waals surface area contributed by atoms with E-state index in [1.54, 1.807) is 12.1 Å². The molecule has 8 atom stereocenters. The van der Waals surface area contributed by atoms with Crippen LogP contribution in [0.5, 0.6) is 0 Å². The monoisotopic (exact) mass is 630 g/mol. The van der Waals surface area contributed by atoms with E-state index >= 15 is 4.39 Å². The van der Waals surface area contributed by atoms with E-state index in [0.717, 1.165) is 55.1 Å². The number of carbonyl (C=O) groups is 1. The van der Waals surface area contributed by atoms with Crippen LogP contribution in [0.15, 0.2) is 59.5 Å². The first-order chi connectivity index (χ1) is 21.9. The minimum absolute atomic E-state index is 0.0758. The van der Waals surface area contributed by atoms with Crippen molar-refractivity contribution >= 4 is 18.6 Å². The number of allylic oxidation sites excluding steroid dienone is 4. The minimum atomic E-state index is -0.638. The van der Waals surface area contributed by atoms with Gasteiger partial charge in [0.05, 0.1) is 29.1 Å². The standard InChI is InChI=1S/C38H43F3N3O2/c1-21(38(13-14-38)35-30(41)16-25(40)20-43(35)4)34(46)29-12-11-28-27-10-5-23-15-31-22(19-42-44(31)26-8-6-24(39)7-9-26)17-36(23,2)33(27)32(45)18-37(28,29)3/h6-9,15-16,19,21,27-29,32-33,45H,4-5,10-14,17-18,20H2,1-3H3/q+1. The summed E-state index contributed by atoms with van der Waals surface area (Å²) in [5.41, 5.74) is 3.52. The number of hydrogen-bond acceptors (Lipinski definition) is 3. The normalized spacial score (nSPS) is 36.6. The Morgan fingerprint density at radius 1 is 1.11 bits per heavy atom. The molecular formula is C38H43F3N3O2+. The summed E-state index contributed by atoms with van der Waals surface area (Å²) in [4.78, 5) is 14.5. The Kier molecular flexibility index (Phi) is 6.62. The number of aromatic nitrogens is 2. The molecule has 8 rings (SSSR count). The predicted octanol–water partition coefficient (Wildman–Crippen LogP) is 7.53. The zero-order valence-corrected chi connectivity index (χ0v) is 26.9. The maximum atomic E-state index is 15.1. The van der Waals surface area contributed by atoms with Crippen LogP contribution in [0, 0.1) is 51.7 Å². The Hall–Kier alpha value is -3.26. The van der Waals surface area contributed by atoms with Gasteiger partial charge in [-0.05, 0) is 116 Å². The molecule has 2 heterocycles. The van der Waals surface area contributed by atoms with Crippen molar-refractivity contribution in [3.63, 3.8) is 0 Å². The van der Waals surface area contributed by atoms with E-state index in [0.29, 0.717) is 36.8 Å². The number of rotatable bonds is 5. The first-order valence-electron chi connectivity index (χ1n) is 17.0. The van der Waals surface area contributed by atoms with Crippen LogP contribution >= 0.6 is 0 Å². The van der Waals surface area contributed by atoms with Crippen LogP contribution in [-0.2, 0) is 11.2 Å². The van der Waals surface area contributed by atoms with Crippen molar-refractivity contribution in [1.29, 1.82) is 0 Å². The van der Waals surface area contributed by atoms with Gasteiger partial charge in [0.2, 0.25) is 5.70 Å². The van der Waals surface area contributed by atoms with Crippen LogP contribution < -0.4 is 0 Å². The molecule has 8 unspecified atom stereocenters. The van der Waals surface area contributed by atoms with Crippen molar-refractivity contribution in [2.45, 2.75) is 78.2 Å². The van der Waals surface area contributed by atoms with Crippen molar-refractivity contribution in [1.82, 2.24) is 9.78 Å². The number of carbonyl (C=O) groups excluding carboxylic acids is 1. The Balaban J connectivity index is 1.07. The molecule has 1 N–H and O–H groups in total. The third kappa shape index (κ3) is 4.13. The maximum absolute atomic E-state index is 15.1.